The van der Waals surface area contributed by atoms with Gasteiger partial charge in [0.15, 0.2) is 0 Å². The van der Waals surface area contributed by atoms with E-state index in [4.69, 9.17) is 4.98 Å². The van der Waals surface area contributed by atoms with Crippen LogP contribution >= 0.6 is 0 Å². The molecule has 3 heteroatoms. The van der Waals surface area contributed by atoms with Crippen molar-refractivity contribution in [3.8, 4) is 0 Å². The van der Waals surface area contributed by atoms with E-state index in [1.807, 2.05) is 12.1 Å². The summed E-state index contributed by atoms with van der Waals surface area (Å²) in [6.07, 6.45) is 19.5. The van der Waals surface area contributed by atoms with Crippen LogP contribution in [0.15, 0.2) is 42.5 Å². The number of unbranched alkanes of at least 4 members (excludes halogenated alkanes) is 9. The van der Waals surface area contributed by atoms with Crippen LogP contribution in [0.1, 0.15) is 106 Å². The summed E-state index contributed by atoms with van der Waals surface area (Å²) in [6, 6.07) is 13.7. The summed E-state index contributed by atoms with van der Waals surface area (Å²) in [6.45, 7) is 2.99. The average molecular weight is 475 g/mol. The first-order chi connectivity index (χ1) is 17.2. The van der Waals surface area contributed by atoms with Gasteiger partial charge in [0.2, 0.25) is 0 Å². The van der Waals surface area contributed by atoms with Gasteiger partial charge in [0.1, 0.15) is 5.82 Å². The fourth-order valence-corrected chi connectivity index (χ4v) is 5.44. The molecule has 1 heterocycles. The summed E-state index contributed by atoms with van der Waals surface area (Å²) in [7, 11) is 0. The Morgan fingerprint density at radius 1 is 0.771 bits per heavy atom. The fraction of sp³-hybridized carbons (Fsp3) is 0.531. The largest absolute Gasteiger partial charge is 0.380 e. The van der Waals surface area contributed by atoms with Crippen LogP contribution in [-0.2, 0) is 25.8 Å². The maximum atomic E-state index is 13.3. The molecule has 0 atom stereocenters. The van der Waals surface area contributed by atoms with Gasteiger partial charge in [-0.2, -0.15) is 0 Å². The summed E-state index contributed by atoms with van der Waals surface area (Å²) in [5.41, 5.74) is 7.51. The minimum atomic E-state index is -0.183. The smallest absolute Gasteiger partial charge is 0.123 e. The standard InChI is InChI=1S/C32H43FN2/c1-2-3-4-5-6-7-8-9-10-11-14-25-19-22-31-29(23-25)32(28-15-12-13-16-30(28)35-31)34-24-26-17-20-27(33)21-18-26/h17-23H,2-16,24H2,1H3,(H,34,35). The zero-order valence-electron chi connectivity index (χ0n) is 21.7. The fourth-order valence-electron chi connectivity index (χ4n) is 5.44. The molecule has 2 aromatic carbocycles. The molecule has 4 rings (SSSR count). The van der Waals surface area contributed by atoms with E-state index in [-0.39, 0.29) is 5.82 Å². The molecular weight excluding hydrogens is 431 g/mol. The number of pyridine rings is 1. The van der Waals surface area contributed by atoms with E-state index in [2.05, 4.69) is 30.4 Å². The van der Waals surface area contributed by atoms with Gasteiger partial charge >= 0.3 is 0 Å². The zero-order valence-corrected chi connectivity index (χ0v) is 21.7. The Bertz CT molecular complexity index is 1060. The van der Waals surface area contributed by atoms with Crippen molar-refractivity contribution in [3.63, 3.8) is 0 Å². The lowest BCUT2D eigenvalue weighted by molar-refractivity contribution is 0.556. The van der Waals surface area contributed by atoms with Gasteiger partial charge in [-0.3, -0.25) is 4.98 Å². The number of rotatable bonds is 14. The number of fused-ring (bicyclic) bond motifs is 2. The Hall–Kier alpha value is -2.42. The van der Waals surface area contributed by atoms with Crippen LogP contribution in [0, 0.1) is 5.82 Å². The zero-order chi connectivity index (χ0) is 24.3. The van der Waals surface area contributed by atoms with Crippen LogP contribution in [-0.4, -0.2) is 4.98 Å². The van der Waals surface area contributed by atoms with Crippen molar-refractivity contribution < 1.29 is 4.39 Å². The number of nitrogens with zero attached hydrogens (tertiary/aromatic N) is 1. The van der Waals surface area contributed by atoms with Gasteiger partial charge < -0.3 is 5.32 Å². The van der Waals surface area contributed by atoms with Crippen molar-refractivity contribution in [1.82, 2.24) is 4.98 Å². The Morgan fingerprint density at radius 3 is 2.17 bits per heavy atom. The van der Waals surface area contributed by atoms with E-state index in [9.17, 15) is 4.39 Å². The Balaban J connectivity index is 1.37. The van der Waals surface area contributed by atoms with Gasteiger partial charge in [-0.15, -0.1) is 0 Å². The lowest BCUT2D eigenvalue weighted by Gasteiger charge is -2.22. The molecule has 188 valence electrons. The average Bonchev–Trinajstić information content (AvgIpc) is 2.88. The van der Waals surface area contributed by atoms with E-state index < -0.39 is 0 Å². The van der Waals surface area contributed by atoms with Crippen molar-refractivity contribution in [2.24, 2.45) is 0 Å². The second-order valence-electron chi connectivity index (χ2n) is 10.4. The summed E-state index contributed by atoms with van der Waals surface area (Å²) >= 11 is 0. The predicted molar refractivity (Wildman–Crippen MR) is 148 cm³/mol. The van der Waals surface area contributed by atoms with Crippen LogP contribution in [0.25, 0.3) is 10.9 Å². The summed E-state index contributed by atoms with van der Waals surface area (Å²) < 4.78 is 13.3. The molecular formula is C32H43FN2. The van der Waals surface area contributed by atoms with Gasteiger partial charge in [-0.05, 0) is 79.5 Å². The number of hydrogen-bond acceptors (Lipinski definition) is 2. The Morgan fingerprint density at radius 2 is 1.43 bits per heavy atom. The van der Waals surface area contributed by atoms with Crippen LogP contribution < -0.4 is 5.32 Å². The molecule has 3 aromatic rings. The number of anilines is 1. The van der Waals surface area contributed by atoms with Gasteiger partial charge in [-0.1, -0.05) is 82.9 Å². The Kier molecular flexibility index (Phi) is 9.98. The number of nitrogens with one attached hydrogen (secondary N) is 1. The lowest BCUT2D eigenvalue weighted by atomic mass is 9.92. The molecule has 1 N–H and O–H groups in total. The predicted octanol–water partition coefficient (Wildman–Crippen LogP) is 9.33. The van der Waals surface area contributed by atoms with E-state index in [0.717, 1.165) is 30.3 Å². The molecule has 0 saturated heterocycles. The van der Waals surface area contributed by atoms with Crippen LogP contribution in [0.3, 0.4) is 0 Å². The van der Waals surface area contributed by atoms with Crippen molar-refractivity contribution in [2.75, 3.05) is 5.32 Å². The third kappa shape index (κ3) is 7.53. The van der Waals surface area contributed by atoms with Crippen molar-refractivity contribution in [3.05, 3.63) is 70.7 Å². The number of aryl methyl sites for hydroxylation is 2. The number of hydrogen-bond donors (Lipinski definition) is 1. The summed E-state index contributed by atoms with van der Waals surface area (Å²) in [5, 5.41) is 4.97. The highest BCUT2D eigenvalue weighted by Crippen LogP contribution is 2.34. The van der Waals surface area contributed by atoms with Gasteiger partial charge in [0.25, 0.3) is 0 Å². The van der Waals surface area contributed by atoms with Crippen molar-refractivity contribution in [1.29, 1.82) is 0 Å². The molecule has 0 spiro atoms. The summed E-state index contributed by atoms with van der Waals surface area (Å²) in [5.74, 6) is -0.183. The SMILES string of the molecule is CCCCCCCCCCCCc1ccc2nc3c(c(NCc4ccc(F)cc4)c2c1)CCCC3. The maximum absolute atomic E-state index is 13.3. The highest BCUT2D eigenvalue weighted by molar-refractivity contribution is 5.94. The number of halogens is 1. The van der Waals surface area contributed by atoms with Crippen molar-refractivity contribution in [2.45, 2.75) is 110 Å². The minimum Gasteiger partial charge on any atom is -0.380 e. The Labute approximate surface area is 211 Å². The molecule has 0 radical (unpaired) electrons. The topological polar surface area (TPSA) is 24.9 Å². The lowest BCUT2D eigenvalue weighted by Crippen LogP contribution is -2.11. The minimum absolute atomic E-state index is 0.183. The van der Waals surface area contributed by atoms with Crippen LogP contribution in [0.5, 0.6) is 0 Å². The molecule has 35 heavy (non-hydrogen) atoms. The van der Waals surface area contributed by atoms with Gasteiger partial charge in [0, 0.05) is 23.3 Å². The number of aromatic nitrogens is 1. The van der Waals surface area contributed by atoms with Crippen LogP contribution in [0.2, 0.25) is 0 Å². The molecule has 0 unspecified atom stereocenters. The molecule has 1 aliphatic carbocycles. The third-order valence-electron chi connectivity index (χ3n) is 7.53. The second-order valence-corrected chi connectivity index (χ2v) is 10.4. The molecule has 1 aliphatic rings. The first-order valence-electron chi connectivity index (χ1n) is 14.2. The molecule has 0 saturated carbocycles. The summed E-state index contributed by atoms with van der Waals surface area (Å²) in [4.78, 5) is 5.05. The van der Waals surface area contributed by atoms with E-state index in [1.54, 1.807) is 12.1 Å². The second kappa shape index (κ2) is 13.6. The first kappa shape index (κ1) is 25.7. The van der Waals surface area contributed by atoms with Crippen LogP contribution in [0.4, 0.5) is 10.1 Å². The van der Waals surface area contributed by atoms with Gasteiger partial charge in [0.05, 0.1) is 5.52 Å². The first-order valence-corrected chi connectivity index (χ1v) is 14.2. The van der Waals surface area contributed by atoms with E-state index in [0.29, 0.717) is 6.54 Å². The molecule has 0 fully saturated rings. The molecule has 0 amide bonds. The van der Waals surface area contributed by atoms with E-state index in [1.165, 1.54) is 105 Å². The maximum Gasteiger partial charge on any atom is 0.123 e. The molecule has 2 nitrogen and oxygen atoms in total. The highest BCUT2D eigenvalue weighted by atomic mass is 19.1. The highest BCUT2D eigenvalue weighted by Gasteiger charge is 2.18. The normalized spacial score (nSPS) is 13.2. The van der Waals surface area contributed by atoms with E-state index >= 15 is 0 Å². The molecule has 0 bridgehead atoms. The monoisotopic (exact) mass is 474 g/mol. The number of benzene rings is 2. The molecule has 1 aromatic heterocycles. The van der Waals surface area contributed by atoms with Gasteiger partial charge in [-0.25, -0.2) is 4.39 Å². The quantitative estimate of drug-likeness (QED) is 0.235. The van der Waals surface area contributed by atoms with Crippen molar-refractivity contribution >= 4 is 16.6 Å². The third-order valence-corrected chi connectivity index (χ3v) is 7.53. The molecule has 0 aliphatic heterocycles.